The number of ether oxygens (including phenoxy) is 1. The molecule has 0 atom stereocenters. The van der Waals surface area contributed by atoms with E-state index in [1.165, 1.54) is 12.1 Å². The van der Waals surface area contributed by atoms with Gasteiger partial charge in [-0.1, -0.05) is 6.07 Å². The summed E-state index contributed by atoms with van der Waals surface area (Å²) >= 11 is 0. The average molecular weight is 386 g/mol. The number of nitrogens with two attached hydrogens (primary N) is 1. The zero-order valence-electron chi connectivity index (χ0n) is 14.6. The summed E-state index contributed by atoms with van der Waals surface area (Å²) in [6.45, 7) is 2.04. The normalized spacial score (nSPS) is 20.2. The molecule has 3 rings (SSSR count). The molecular formula is C18H25ClFN3O3. The lowest BCUT2D eigenvalue weighted by Crippen LogP contribution is -2.59. The lowest BCUT2D eigenvalue weighted by atomic mass is 9.87. The van der Waals surface area contributed by atoms with Crippen LogP contribution in [0.2, 0.25) is 0 Å². The van der Waals surface area contributed by atoms with E-state index in [-0.39, 0.29) is 36.0 Å². The maximum atomic E-state index is 13.2. The first-order chi connectivity index (χ1) is 12.0. The lowest BCUT2D eigenvalue weighted by Gasteiger charge is -2.39. The summed E-state index contributed by atoms with van der Waals surface area (Å²) in [7, 11) is 0. The number of hydrogen-bond donors (Lipinski definition) is 2. The van der Waals surface area contributed by atoms with Gasteiger partial charge in [0.25, 0.3) is 0 Å². The summed E-state index contributed by atoms with van der Waals surface area (Å²) in [5, 5.41) is 2.74. The number of likely N-dealkylation sites (tertiary alicyclic amines) is 1. The number of anilines is 1. The van der Waals surface area contributed by atoms with Crippen LogP contribution in [0.15, 0.2) is 24.3 Å². The van der Waals surface area contributed by atoms with Gasteiger partial charge in [0.2, 0.25) is 11.8 Å². The van der Waals surface area contributed by atoms with Crippen LogP contribution in [0, 0.1) is 11.7 Å². The van der Waals surface area contributed by atoms with Crippen LogP contribution in [-0.4, -0.2) is 48.6 Å². The van der Waals surface area contributed by atoms with Gasteiger partial charge in [-0.15, -0.1) is 12.4 Å². The van der Waals surface area contributed by atoms with E-state index in [0.717, 1.165) is 0 Å². The first kappa shape index (κ1) is 20.6. The quantitative estimate of drug-likeness (QED) is 0.832. The zero-order chi connectivity index (χ0) is 17.9. The van der Waals surface area contributed by atoms with Crippen molar-refractivity contribution in [1.29, 1.82) is 0 Å². The highest BCUT2D eigenvalue weighted by Gasteiger charge is 2.40. The number of carbonyl (C=O) groups is 2. The number of amides is 2. The Labute approximate surface area is 158 Å². The number of hydrogen-bond acceptors (Lipinski definition) is 4. The standard InChI is InChI=1S/C18H24FN3O3.ClH/c19-14-2-1-3-15(12-14)21-16(23)13-4-8-22(9-5-13)17(24)18(20)6-10-25-11-7-18;/h1-3,12-13H,4-11,20H2,(H,21,23);1H. The van der Waals surface area contributed by atoms with Crippen molar-refractivity contribution in [2.75, 3.05) is 31.6 Å². The highest BCUT2D eigenvalue weighted by atomic mass is 35.5. The Hall–Kier alpha value is -1.70. The second-order valence-corrected chi connectivity index (χ2v) is 6.83. The van der Waals surface area contributed by atoms with E-state index in [4.69, 9.17) is 10.5 Å². The van der Waals surface area contributed by atoms with Crippen LogP contribution in [0.4, 0.5) is 10.1 Å². The predicted molar refractivity (Wildman–Crippen MR) is 98.6 cm³/mol. The van der Waals surface area contributed by atoms with Crippen LogP contribution in [0.5, 0.6) is 0 Å². The van der Waals surface area contributed by atoms with E-state index in [9.17, 15) is 14.0 Å². The molecule has 3 N–H and O–H groups in total. The second-order valence-electron chi connectivity index (χ2n) is 6.83. The average Bonchev–Trinajstić information content (AvgIpc) is 2.62. The number of rotatable bonds is 3. The lowest BCUT2D eigenvalue weighted by molar-refractivity contribution is -0.143. The molecule has 8 heteroatoms. The minimum atomic E-state index is -0.838. The Morgan fingerprint density at radius 3 is 2.50 bits per heavy atom. The monoisotopic (exact) mass is 385 g/mol. The van der Waals surface area contributed by atoms with Gasteiger partial charge in [0.15, 0.2) is 0 Å². The van der Waals surface area contributed by atoms with Gasteiger partial charge in [0, 0.05) is 37.9 Å². The number of benzene rings is 1. The van der Waals surface area contributed by atoms with Crippen LogP contribution < -0.4 is 11.1 Å². The fourth-order valence-electron chi connectivity index (χ4n) is 3.42. The van der Waals surface area contributed by atoms with Crippen molar-refractivity contribution in [3.63, 3.8) is 0 Å². The van der Waals surface area contributed by atoms with E-state index in [1.54, 1.807) is 17.0 Å². The molecule has 0 bridgehead atoms. The molecule has 1 aromatic rings. The number of nitrogens with zero attached hydrogens (tertiary/aromatic N) is 1. The maximum Gasteiger partial charge on any atom is 0.242 e. The van der Waals surface area contributed by atoms with Crippen molar-refractivity contribution >= 4 is 29.9 Å². The van der Waals surface area contributed by atoms with Crippen LogP contribution >= 0.6 is 12.4 Å². The van der Waals surface area contributed by atoms with Crippen LogP contribution in [0.25, 0.3) is 0 Å². The zero-order valence-corrected chi connectivity index (χ0v) is 15.4. The van der Waals surface area contributed by atoms with Gasteiger partial charge in [-0.25, -0.2) is 4.39 Å². The van der Waals surface area contributed by atoms with Crippen LogP contribution in [0.3, 0.4) is 0 Å². The Kier molecular flexibility index (Phi) is 6.97. The van der Waals surface area contributed by atoms with E-state index >= 15 is 0 Å². The molecule has 0 unspecified atom stereocenters. The van der Waals surface area contributed by atoms with Crippen molar-refractivity contribution in [1.82, 2.24) is 4.90 Å². The van der Waals surface area contributed by atoms with Crippen molar-refractivity contribution in [3.8, 4) is 0 Å². The first-order valence-corrected chi connectivity index (χ1v) is 8.70. The van der Waals surface area contributed by atoms with Gasteiger partial charge in [0.1, 0.15) is 5.82 Å². The molecule has 0 radical (unpaired) electrons. The minimum Gasteiger partial charge on any atom is -0.381 e. The molecule has 144 valence electrons. The first-order valence-electron chi connectivity index (χ1n) is 8.70. The number of nitrogens with one attached hydrogen (secondary N) is 1. The van der Waals surface area contributed by atoms with Crippen molar-refractivity contribution in [2.24, 2.45) is 11.7 Å². The minimum absolute atomic E-state index is 0. The largest absolute Gasteiger partial charge is 0.381 e. The van der Waals surface area contributed by atoms with Gasteiger partial charge in [-0.3, -0.25) is 9.59 Å². The molecule has 1 aromatic carbocycles. The fourth-order valence-corrected chi connectivity index (χ4v) is 3.42. The fraction of sp³-hybridized carbons (Fsp3) is 0.556. The van der Waals surface area contributed by atoms with Crippen LogP contribution in [0.1, 0.15) is 25.7 Å². The maximum absolute atomic E-state index is 13.2. The molecule has 2 amide bonds. The van der Waals surface area contributed by atoms with E-state index < -0.39 is 5.54 Å². The summed E-state index contributed by atoms with van der Waals surface area (Å²) in [4.78, 5) is 26.8. The van der Waals surface area contributed by atoms with Gasteiger partial charge in [-0.05, 0) is 43.9 Å². The summed E-state index contributed by atoms with van der Waals surface area (Å²) in [5.74, 6) is -0.746. The van der Waals surface area contributed by atoms with E-state index in [1.807, 2.05) is 0 Å². The highest BCUT2D eigenvalue weighted by Crippen LogP contribution is 2.25. The van der Waals surface area contributed by atoms with Gasteiger partial charge >= 0.3 is 0 Å². The van der Waals surface area contributed by atoms with E-state index in [0.29, 0.717) is 57.7 Å². The number of halogens is 2. The van der Waals surface area contributed by atoms with Gasteiger partial charge < -0.3 is 20.7 Å². The molecule has 2 saturated heterocycles. The molecule has 2 aliphatic heterocycles. The van der Waals surface area contributed by atoms with Gasteiger partial charge in [0.05, 0.1) is 5.54 Å². The summed E-state index contributed by atoms with van der Waals surface area (Å²) < 4.78 is 18.5. The Balaban J connectivity index is 0.00000243. The third-order valence-corrected chi connectivity index (χ3v) is 5.06. The molecule has 6 nitrogen and oxygen atoms in total. The second kappa shape index (κ2) is 8.79. The smallest absolute Gasteiger partial charge is 0.242 e. The molecule has 0 aromatic heterocycles. The van der Waals surface area contributed by atoms with Crippen molar-refractivity contribution in [3.05, 3.63) is 30.1 Å². The molecule has 0 spiro atoms. The van der Waals surface area contributed by atoms with Gasteiger partial charge in [-0.2, -0.15) is 0 Å². The third-order valence-electron chi connectivity index (χ3n) is 5.06. The Morgan fingerprint density at radius 2 is 1.88 bits per heavy atom. The molecular weight excluding hydrogens is 361 g/mol. The number of carbonyl (C=O) groups excluding carboxylic acids is 2. The Bertz CT molecular complexity index is 644. The summed E-state index contributed by atoms with van der Waals surface area (Å²) in [6.07, 6.45) is 2.23. The molecule has 26 heavy (non-hydrogen) atoms. The molecule has 2 fully saturated rings. The SMILES string of the molecule is Cl.NC1(C(=O)N2CCC(C(=O)Nc3cccc(F)c3)CC2)CCOCC1. The molecule has 0 aliphatic carbocycles. The molecule has 2 heterocycles. The third kappa shape index (κ3) is 4.72. The van der Waals surface area contributed by atoms with Crippen LogP contribution in [-0.2, 0) is 14.3 Å². The summed E-state index contributed by atoms with van der Waals surface area (Å²) in [6, 6.07) is 5.84. The topological polar surface area (TPSA) is 84.7 Å². The predicted octanol–water partition coefficient (Wildman–Crippen LogP) is 1.93. The Morgan fingerprint density at radius 1 is 1.23 bits per heavy atom. The number of piperidine rings is 1. The van der Waals surface area contributed by atoms with Crippen molar-refractivity contribution in [2.45, 2.75) is 31.2 Å². The molecule has 2 aliphatic rings. The summed E-state index contributed by atoms with van der Waals surface area (Å²) in [5.41, 5.74) is 5.87. The van der Waals surface area contributed by atoms with E-state index in [2.05, 4.69) is 5.32 Å². The van der Waals surface area contributed by atoms with Crippen molar-refractivity contribution < 1.29 is 18.7 Å². The highest BCUT2D eigenvalue weighted by molar-refractivity contribution is 5.93. The molecule has 0 saturated carbocycles.